The van der Waals surface area contributed by atoms with E-state index in [1.807, 2.05) is 19.1 Å². The minimum atomic E-state index is 0.0231. The van der Waals surface area contributed by atoms with Crippen LogP contribution < -0.4 is 0 Å². The van der Waals surface area contributed by atoms with Crippen LogP contribution in [-0.2, 0) is 0 Å². The highest BCUT2D eigenvalue weighted by molar-refractivity contribution is 5.31. The van der Waals surface area contributed by atoms with Crippen molar-refractivity contribution >= 4 is 0 Å². The molecular weight excluding hydrogens is 244 g/mol. The molecule has 0 aliphatic heterocycles. The summed E-state index contributed by atoms with van der Waals surface area (Å²) in [5.74, 6) is 0.0231. The van der Waals surface area contributed by atoms with Crippen molar-refractivity contribution in [1.82, 2.24) is 4.90 Å². The molecule has 2 nitrogen and oxygen atoms in total. The summed E-state index contributed by atoms with van der Waals surface area (Å²) in [6.07, 6.45) is 0. The lowest BCUT2D eigenvalue weighted by molar-refractivity contribution is 0.260. The lowest BCUT2D eigenvalue weighted by Gasteiger charge is -2.29. The molecule has 1 atom stereocenters. The van der Waals surface area contributed by atoms with Gasteiger partial charge in [-0.25, -0.2) is 0 Å². The van der Waals surface area contributed by atoms with Gasteiger partial charge < -0.3 is 0 Å². The SMILES string of the molecule is CC(C#N)CN(C)C(c1ccccc1)c1ccccc1. The van der Waals surface area contributed by atoms with Gasteiger partial charge in [0.15, 0.2) is 0 Å². The van der Waals surface area contributed by atoms with Gasteiger partial charge in [-0.3, -0.25) is 4.90 Å². The van der Waals surface area contributed by atoms with Crippen LogP contribution in [-0.4, -0.2) is 18.5 Å². The average molecular weight is 264 g/mol. The maximum atomic E-state index is 9.03. The lowest BCUT2D eigenvalue weighted by atomic mass is 9.96. The first-order valence-corrected chi connectivity index (χ1v) is 6.92. The highest BCUT2D eigenvalue weighted by atomic mass is 15.1. The van der Waals surface area contributed by atoms with Crippen molar-refractivity contribution in [3.05, 3.63) is 71.8 Å². The highest BCUT2D eigenvalue weighted by Gasteiger charge is 2.20. The molecule has 0 saturated heterocycles. The van der Waals surface area contributed by atoms with Crippen molar-refractivity contribution < 1.29 is 0 Å². The minimum absolute atomic E-state index is 0.0231. The molecule has 0 aromatic heterocycles. The first kappa shape index (κ1) is 14.3. The second-order valence-corrected chi connectivity index (χ2v) is 5.19. The van der Waals surface area contributed by atoms with Gasteiger partial charge in [0.1, 0.15) is 0 Å². The van der Waals surface area contributed by atoms with E-state index in [0.29, 0.717) is 0 Å². The Bertz CT molecular complexity index is 517. The van der Waals surface area contributed by atoms with E-state index in [0.717, 1.165) is 6.54 Å². The van der Waals surface area contributed by atoms with Gasteiger partial charge in [-0.15, -0.1) is 0 Å². The molecule has 0 radical (unpaired) electrons. The maximum Gasteiger partial charge on any atom is 0.0666 e. The Balaban J connectivity index is 2.33. The average Bonchev–Trinajstić information content (AvgIpc) is 2.49. The van der Waals surface area contributed by atoms with E-state index in [1.165, 1.54) is 11.1 Å². The zero-order chi connectivity index (χ0) is 14.4. The molecule has 0 heterocycles. The Labute approximate surface area is 121 Å². The third kappa shape index (κ3) is 3.46. The van der Waals surface area contributed by atoms with Crippen molar-refractivity contribution in [3.63, 3.8) is 0 Å². The van der Waals surface area contributed by atoms with Gasteiger partial charge in [-0.2, -0.15) is 5.26 Å². The van der Waals surface area contributed by atoms with Crippen LogP contribution in [0.25, 0.3) is 0 Å². The Kier molecular flexibility index (Phi) is 4.92. The van der Waals surface area contributed by atoms with E-state index in [9.17, 15) is 0 Å². The van der Waals surface area contributed by atoms with E-state index in [4.69, 9.17) is 5.26 Å². The van der Waals surface area contributed by atoms with Crippen molar-refractivity contribution in [2.24, 2.45) is 5.92 Å². The molecule has 0 spiro atoms. The molecule has 0 fully saturated rings. The summed E-state index contributed by atoms with van der Waals surface area (Å²) >= 11 is 0. The molecule has 0 aliphatic rings. The van der Waals surface area contributed by atoms with Gasteiger partial charge in [0.2, 0.25) is 0 Å². The van der Waals surface area contributed by atoms with Crippen molar-refractivity contribution in [1.29, 1.82) is 5.26 Å². The standard InChI is InChI=1S/C18H20N2/c1-15(13-19)14-20(2)18(16-9-5-3-6-10-16)17-11-7-4-8-12-17/h3-12,15,18H,14H2,1-2H3. The van der Waals surface area contributed by atoms with E-state index < -0.39 is 0 Å². The van der Waals surface area contributed by atoms with Crippen LogP contribution in [0.5, 0.6) is 0 Å². The predicted molar refractivity (Wildman–Crippen MR) is 82.1 cm³/mol. The molecule has 0 saturated carbocycles. The fraction of sp³-hybridized carbons (Fsp3) is 0.278. The fourth-order valence-corrected chi connectivity index (χ4v) is 2.55. The number of nitrogens with zero attached hydrogens (tertiary/aromatic N) is 2. The van der Waals surface area contributed by atoms with Crippen molar-refractivity contribution in [2.45, 2.75) is 13.0 Å². The summed E-state index contributed by atoms with van der Waals surface area (Å²) in [7, 11) is 2.08. The summed E-state index contributed by atoms with van der Waals surface area (Å²) in [6, 6.07) is 23.4. The number of benzene rings is 2. The smallest absolute Gasteiger partial charge is 0.0666 e. The van der Waals surface area contributed by atoms with Gasteiger partial charge in [0.05, 0.1) is 18.0 Å². The number of hydrogen-bond donors (Lipinski definition) is 0. The molecule has 102 valence electrons. The fourth-order valence-electron chi connectivity index (χ4n) is 2.55. The summed E-state index contributed by atoms with van der Waals surface area (Å²) in [4.78, 5) is 2.25. The van der Waals surface area contributed by atoms with Crippen LogP contribution in [0, 0.1) is 17.2 Å². The molecule has 2 heteroatoms. The monoisotopic (exact) mass is 264 g/mol. The topological polar surface area (TPSA) is 27.0 Å². The molecule has 0 aliphatic carbocycles. The van der Waals surface area contributed by atoms with Crippen LogP contribution in [0.4, 0.5) is 0 Å². The highest BCUT2D eigenvalue weighted by Crippen LogP contribution is 2.27. The summed E-state index contributed by atoms with van der Waals surface area (Å²) < 4.78 is 0. The maximum absolute atomic E-state index is 9.03. The van der Waals surface area contributed by atoms with Gasteiger partial charge in [-0.1, -0.05) is 60.7 Å². The van der Waals surface area contributed by atoms with Gasteiger partial charge in [0.25, 0.3) is 0 Å². The first-order valence-electron chi connectivity index (χ1n) is 6.92. The zero-order valence-electron chi connectivity index (χ0n) is 12.0. The lowest BCUT2D eigenvalue weighted by Crippen LogP contribution is -2.29. The van der Waals surface area contributed by atoms with E-state index in [1.54, 1.807) is 0 Å². The third-order valence-corrected chi connectivity index (χ3v) is 3.45. The molecular formula is C18H20N2. The Morgan fingerprint density at radius 2 is 1.40 bits per heavy atom. The second kappa shape index (κ2) is 6.88. The van der Waals surface area contributed by atoms with Crippen LogP contribution in [0.15, 0.2) is 60.7 Å². The first-order chi connectivity index (χ1) is 9.72. The van der Waals surface area contributed by atoms with Crippen LogP contribution in [0.2, 0.25) is 0 Å². The third-order valence-electron chi connectivity index (χ3n) is 3.45. The number of hydrogen-bond acceptors (Lipinski definition) is 2. The van der Waals surface area contributed by atoms with Crippen LogP contribution in [0.3, 0.4) is 0 Å². The molecule has 0 bridgehead atoms. The minimum Gasteiger partial charge on any atom is -0.294 e. The molecule has 2 aromatic carbocycles. The zero-order valence-corrected chi connectivity index (χ0v) is 12.0. The van der Waals surface area contributed by atoms with Crippen molar-refractivity contribution in [2.75, 3.05) is 13.6 Å². The summed E-state index contributed by atoms with van der Waals surface area (Å²) in [5.41, 5.74) is 2.51. The largest absolute Gasteiger partial charge is 0.294 e. The van der Waals surface area contributed by atoms with Crippen molar-refractivity contribution in [3.8, 4) is 6.07 Å². The van der Waals surface area contributed by atoms with Crippen LogP contribution >= 0.6 is 0 Å². The predicted octanol–water partition coefficient (Wildman–Crippen LogP) is 3.87. The van der Waals surface area contributed by atoms with E-state index in [-0.39, 0.29) is 12.0 Å². The quantitative estimate of drug-likeness (QED) is 0.819. The molecule has 2 rings (SSSR count). The van der Waals surface area contributed by atoms with Crippen LogP contribution in [0.1, 0.15) is 24.1 Å². The van der Waals surface area contributed by atoms with Gasteiger partial charge in [0, 0.05) is 6.54 Å². The number of rotatable bonds is 5. The Morgan fingerprint density at radius 3 is 1.80 bits per heavy atom. The van der Waals surface area contributed by atoms with E-state index in [2.05, 4.69) is 66.5 Å². The Morgan fingerprint density at radius 1 is 0.950 bits per heavy atom. The molecule has 0 amide bonds. The number of nitriles is 1. The van der Waals surface area contributed by atoms with E-state index >= 15 is 0 Å². The molecule has 1 unspecified atom stereocenters. The van der Waals surface area contributed by atoms with Gasteiger partial charge >= 0.3 is 0 Å². The Hall–Kier alpha value is -2.11. The molecule has 0 N–H and O–H groups in total. The summed E-state index contributed by atoms with van der Waals surface area (Å²) in [6.45, 7) is 2.72. The summed E-state index contributed by atoms with van der Waals surface area (Å²) in [5, 5.41) is 9.03. The molecule has 2 aromatic rings. The molecule has 20 heavy (non-hydrogen) atoms. The second-order valence-electron chi connectivity index (χ2n) is 5.19. The normalized spacial score (nSPS) is 12.3. The van der Waals surface area contributed by atoms with Gasteiger partial charge in [-0.05, 0) is 25.1 Å².